The molecular weight excluding hydrogens is 751 g/mol. The quantitative estimate of drug-likeness (QED) is 0.0428. The highest BCUT2D eigenvalue weighted by molar-refractivity contribution is 5.90. The van der Waals surface area contributed by atoms with E-state index in [0.717, 1.165) is 27.8 Å². The van der Waals surface area contributed by atoms with Gasteiger partial charge in [0.15, 0.2) is 6.04 Å². The molecule has 0 aromatic heterocycles. The van der Waals surface area contributed by atoms with Crippen LogP contribution in [0.15, 0.2) is 135 Å². The van der Waals surface area contributed by atoms with E-state index in [1.54, 1.807) is 30.3 Å². The molecule has 1 aliphatic carbocycles. The number of amides is 3. The van der Waals surface area contributed by atoms with E-state index < -0.39 is 60.5 Å². The minimum Gasteiger partial charge on any atom is -0.461 e. The molecule has 59 heavy (non-hydrogen) atoms. The molecule has 0 bridgehead atoms. The minimum atomic E-state index is -1.47. The van der Waals surface area contributed by atoms with Crippen molar-refractivity contribution >= 4 is 29.8 Å². The summed E-state index contributed by atoms with van der Waals surface area (Å²) in [4.78, 5) is 67.0. The number of aliphatic hydroxyl groups excluding tert-OH is 1. The Bertz CT molecular complexity index is 2010. The molecule has 0 heterocycles. The molecule has 5 rings (SSSR count). The molecule has 0 fully saturated rings. The topological polar surface area (TPSA) is 169 Å². The van der Waals surface area contributed by atoms with Crippen molar-refractivity contribution in [1.29, 1.82) is 0 Å². The zero-order chi connectivity index (χ0) is 42.0. The highest BCUT2D eigenvalue weighted by Crippen LogP contribution is 2.44. The van der Waals surface area contributed by atoms with Crippen molar-refractivity contribution in [1.82, 2.24) is 16.0 Å². The molecule has 0 radical (unpaired) electrons. The zero-order valence-electron chi connectivity index (χ0n) is 32.9. The molecule has 0 saturated heterocycles. The number of fused-ring (bicyclic) bond motifs is 3. The molecular formula is C47H51N3O9. The van der Waals surface area contributed by atoms with Gasteiger partial charge in [-0.25, -0.2) is 14.4 Å². The maximum atomic E-state index is 13.7. The van der Waals surface area contributed by atoms with Gasteiger partial charge in [-0.15, -0.1) is 13.2 Å². The maximum absolute atomic E-state index is 13.7. The third-order valence-corrected chi connectivity index (χ3v) is 9.96. The lowest BCUT2D eigenvalue weighted by Gasteiger charge is -2.23. The van der Waals surface area contributed by atoms with Crippen molar-refractivity contribution in [3.05, 3.63) is 157 Å². The number of aliphatic hydroxyl groups is 1. The number of alkyl carbamates (subject to hydrolysis) is 1. The number of hydrogen-bond acceptors (Lipinski definition) is 9. The summed E-state index contributed by atoms with van der Waals surface area (Å²) in [6.45, 7) is 6.40. The SMILES string of the molecule is C=CCCC(NC(=O)OCC1c2ccccc2-c2ccccc21)C(=O)OCC(NC(=O)C(CC=C)CC(=O)NC(CO)Cc1ccccc1)C(=O)OCc1ccccc1. The van der Waals surface area contributed by atoms with Gasteiger partial charge in [-0.1, -0.05) is 121 Å². The fraction of sp³-hybridized carbons (Fsp3) is 0.298. The van der Waals surface area contributed by atoms with Gasteiger partial charge >= 0.3 is 18.0 Å². The highest BCUT2D eigenvalue weighted by Gasteiger charge is 2.32. The van der Waals surface area contributed by atoms with E-state index in [0.29, 0.717) is 18.4 Å². The van der Waals surface area contributed by atoms with E-state index in [1.165, 1.54) is 6.08 Å². The second-order valence-corrected chi connectivity index (χ2v) is 14.2. The molecule has 4 N–H and O–H groups in total. The lowest BCUT2D eigenvalue weighted by Crippen LogP contribution is -2.50. The summed E-state index contributed by atoms with van der Waals surface area (Å²) in [6, 6.07) is 30.9. The van der Waals surface area contributed by atoms with Crippen LogP contribution in [0.3, 0.4) is 0 Å². The number of hydrogen-bond donors (Lipinski definition) is 4. The van der Waals surface area contributed by atoms with Crippen LogP contribution in [0.2, 0.25) is 0 Å². The van der Waals surface area contributed by atoms with Crippen LogP contribution in [0, 0.1) is 5.92 Å². The molecule has 3 amide bonds. The molecule has 12 heteroatoms. The maximum Gasteiger partial charge on any atom is 0.407 e. The Balaban J connectivity index is 1.22. The monoisotopic (exact) mass is 801 g/mol. The number of rotatable bonds is 22. The molecule has 4 unspecified atom stereocenters. The Morgan fingerprint density at radius 3 is 1.88 bits per heavy atom. The van der Waals surface area contributed by atoms with Crippen LogP contribution in [0.1, 0.15) is 53.9 Å². The molecule has 12 nitrogen and oxygen atoms in total. The first kappa shape index (κ1) is 43.6. The molecule has 0 spiro atoms. The summed E-state index contributed by atoms with van der Waals surface area (Å²) >= 11 is 0. The van der Waals surface area contributed by atoms with Gasteiger partial charge in [0, 0.05) is 12.3 Å². The van der Waals surface area contributed by atoms with Crippen LogP contribution < -0.4 is 16.0 Å². The average Bonchev–Trinajstić information content (AvgIpc) is 3.58. The predicted octanol–water partition coefficient (Wildman–Crippen LogP) is 5.93. The van der Waals surface area contributed by atoms with Crippen molar-refractivity contribution in [3.8, 4) is 11.1 Å². The third-order valence-electron chi connectivity index (χ3n) is 9.96. The number of benzene rings is 4. The van der Waals surface area contributed by atoms with E-state index in [-0.39, 0.29) is 45.0 Å². The van der Waals surface area contributed by atoms with Crippen LogP contribution in [-0.4, -0.2) is 72.9 Å². The lowest BCUT2D eigenvalue weighted by molar-refractivity contribution is -0.156. The van der Waals surface area contributed by atoms with Gasteiger partial charge in [-0.3, -0.25) is 9.59 Å². The van der Waals surface area contributed by atoms with E-state index in [1.807, 2.05) is 84.9 Å². The number of carbonyl (C=O) groups is 5. The van der Waals surface area contributed by atoms with Crippen LogP contribution in [0.5, 0.6) is 0 Å². The highest BCUT2D eigenvalue weighted by atomic mass is 16.6. The van der Waals surface area contributed by atoms with Crippen LogP contribution in [-0.2, 0) is 46.4 Å². The van der Waals surface area contributed by atoms with Gasteiger partial charge in [0.25, 0.3) is 0 Å². The van der Waals surface area contributed by atoms with Gasteiger partial charge in [0.2, 0.25) is 11.8 Å². The van der Waals surface area contributed by atoms with E-state index in [2.05, 4.69) is 29.1 Å². The summed E-state index contributed by atoms with van der Waals surface area (Å²) < 4.78 is 16.7. The predicted molar refractivity (Wildman–Crippen MR) is 223 cm³/mol. The molecule has 0 saturated carbocycles. The first-order valence-electron chi connectivity index (χ1n) is 19.7. The van der Waals surface area contributed by atoms with Crippen molar-refractivity contribution < 1.29 is 43.3 Å². The molecule has 1 aliphatic rings. The molecule has 4 atom stereocenters. The van der Waals surface area contributed by atoms with E-state index in [4.69, 9.17) is 14.2 Å². The summed E-state index contributed by atoms with van der Waals surface area (Å²) in [5.41, 5.74) is 5.81. The first-order valence-corrected chi connectivity index (χ1v) is 19.7. The summed E-state index contributed by atoms with van der Waals surface area (Å²) in [6.07, 6.45) is 2.89. The largest absolute Gasteiger partial charge is 0.461 e. The van der Waals surface area contributed by atoms with Gasteiger partial charge < -0.3 is 35.3 Å². The summed E-state index contributed by atoms with van der Waals surface area (Å²) in [5.74, 6) is -4.07. The summed E-state index contributed by atoms with van der Waals surface area (Å²) in [5, 5.41) is 17.9. The zero-order valence-corrected chi connectivity index (χ0v) is 32.9. The Labute approximate surface area is 344 Å². The van der Waals surface area contributed by atoms with Crippen LogP contribution in [0.25, 0.3) is 11.1 Å². The van der Waals surface area contributed by atoms with Crippen LogP contribution in [0.4, 0.5) is 4.79 Å². The average molecular weight is 802 g/mol. The normalized spacial score (nSPS) is 13.6. The van der Waals surface area contributed by atoms with Crippen molar-refractivity contribution in [2.45, 2.75) is 62.8 Å². The van der Waals surface area contributed by atoms with Gasteiger partial charge in [0.05, 0.1) is 18.6 Å². The van der Waals surface area contributed by atoms with Crippen molar-refractivity contribution in [2.24, 2.45) is 5.92 Å². The Morgan fingerprint density at radius 2 is 1.27 bits per heavy atom. The van der Waals surface area contributed by atoms with Crippen molar-refractivity contribution in [2.75, 3.05) is 19.8 Å². The van der Waals surface area contributed by atoms with Crippen molar-refractivity contribution in [3.63, 3.8) is 0 Å². The second-order valence-electron chi connectivity index (χ2n) is 14.2. The fourth-order valence-electron chi connectivity index (χ4n) is 6.92. The number of allylic oxidation sites excluding steroid dienone is 2. The standard InChI is InChI=1S/C47H51N3O9/c1-3-5-25-41(50-47(56)59-30-40-38-23-14-12-21-36(38)37-22-13-15-24-39(37)40)45(54)58-31-42(46(55)57-29-33-19-10-7-11-20-33)49-44(53)34(16-4-2)27-43(52)48-35(28-51)26-32-17-8-6-9-18-32/h3-4,6-15,17-24,34-35,40-42,51H,1-2,5,16,25-31H2,(H,48,52)(H,49,53)(H,50,56). The fourth-order valence-corrected chi connectivity index (χ4v) is 6.92. The Kier molecular flexibility index (Phi) is 16.6. The lowest BCUT2D eigenvalue weighted by atomic mass is 9.98. The summed E-state index contributed by atoms with van der Waals surface area (Å²) in [7, 11) is 0. The number of nitrogens with one attached hydrogen (secondary N) is 3. The molecule has 4 aromatic carbocycles. The first-order chi connectivity index (χ1) is 28.7. The second kappa shape index (κ2) is 22.4. The number of ether oxygens (including phenoxy) is 3. The molecule has 4 aromatic rings. The van der Waals surface area contributed by atoms with Crippen LogP contribution >= 0.6 is 0 Å². The van der Waals surface area contributed by atoms with E-state index in [9.17, 15) is 29.1 Å². The smallest absolute Gasteiger partial charge is 0.407 e. The number of carbonyl (C=O) groups excluding carboxylic acids is 5. The Morgan fingerprint density at radius 1 is 0.678 bits per heavy atom. The molecule has 0 aliphatic heterocycles. The number of esters is 2. The van der Waals surface area contributed by atoms with Gasteiger partial charge in [-0.2, -0.15) is 0 Å². The third kappa shape index (κ3) is 12.7. The van der Waals surface area contributed by atoms with Gasteiger partial charge in [-0.05, 0) is 59.1 Å². The van der Waals surface area contributed by atoms with Gasteiger partial charge in [0.1, 0.15) is 25.9 Å². The Hall–Kier alpha value is -6.53. The molecule has 308 valence electrons. The minimum absolute atomic E-state index is 0.0298. The van der Waals surface area contributed by atoms with E-state index >= 15 is 0 Å².